The molecule has 20 heavy (non-hydrogen) atoms. The van der Waals surface area contributed by atoms with E-state index < -0.39 is 35.8 Å². The van der Waals surface area contributed by atoms with E-state index in [9.17, 15) is 14.4 Å². The highest BCUT2D eigenvalue weighted by Gasteiger charge is 2.26. The van der Waals surface area contributed by atoms with Crippen LogP contribution >= 0.6 is 0 Å². The van der Waals surface area contributed by atoms with Crippen molar-refractivity contribution < 1.29 is 29.0 Å². The minimum atomic E-state index is -1.32. The summed E-state index contributed by atoms with van der Waals surface area (Å²) in [5.74, 6) is -2.13. The molecule has 7 nitrogen and oxygen atoms in total. The Bertz CT molecular complexity index is 385. The molecule has 7 heteroatoms. The predicted octanol–water partition coefficient (Wildman–Crippen LogP) is 1.47. The van der Waals surface area contributed by atoms with Crippen LogP contribution in [0, 0.1) is 0 Å². The minimum absolute atomic E-state index is 0.0137. The Morgan fingerprint density at radius 1 is 1.35 bits per heavy atom. The SMILES string of the molecule is C=CCC(OC(=O)[C@H](C)NC(=O)OC(C)(C)C)C(=O)O. The van der Waals surface area contributed by atoms with Crippen LogP contribution in [0.2, 0.25) is 0 Å². The average molecular weight is 287 g/mol. The van der Waals surface area contributed by atoms with Crippen LogP contribution in [0.15, 0.2) is 12.7 Å². The first-order chi connectivity index (χ1) is 9.06. The summed E-state index contributed by atoms with van der Waals surface area (Å²) < 4.78 is 9.73. The van der Waals surface area contributed by atoms with Crippen LogP contribution in [0.25, 0.3) is 0 Å². The van der Waals surface area contributed by atoms with Gasteiger partial charge in [-0.15, -0.1) is 6.58 Å². The number of nitrogens with one attached hydrogen (secondary N) is 1. The normalized spacial score (nSPS) is 13.8. The van der Waals surface area contributed by atoms with E-state index in [0.717, 1.165) is 0 Å². The molecule has 114 valence electrons. The van der Waals surface area contributed by atoms with Crippen LogP contribution in [0.4, 0.5) is 4.79 Å². The Kier molecular flexibility index (Phi) is 6.75. The highest BCUT2D eigenvalue weighted by atomic mass is 16.6. The van der Waals surface area contributed by atoms with Crippen molar-refractivity contribution >= 4 is 18.0 Å². The molecule has 0 fully saturated rings. The fourth-order valence-corrected chi connectivity index (χ4v) is 1.14. The molecule has 0 aromatic heterocycles. The quantitative estimate of drug-likeness (QED) is 0.566. The Hall–Kier alpha value is -2.05. The highest BCUT2D eigenvalue weighted by molar-refractivity contribution is 5.83. The smallest absolute Gasteiger partial charge is 0.408 e. The van der Waals surface area contributed by atoms with Gasteiger partial charge in [0, 0.05) is 6.42 Å². The fraction of sp³-hybridized carbons (Fsp3) is 0.615. The highest BCUT2D eigenvalue weighted by Crippen LogP contribution is 2.07. The molecule has 1 amide bonds. The molecule has 0 aliphatic heterocycles. The van der Waals surface area contributed by atoms with Gasteiger partial charge in [-0.05, 0) is 27.7 Å². The molecule has 0 saturated heterocycles. The standard InChI is InChI=1S/C13H21NO6/c1-6-7-9(10(15)16)19-11(17)8(2)14-12(18)20-13(3,4)5/h6,8-9H,1,7H2,2-5H3,(H,14,18)(H,15,16)/t8-,9?/m0/s1. The topological polar surface area (TPSA) is 102 Å². The first kappa shape index (κ1) is 17.9. The zero-order chi connectivity index (χ0) is 15.9. The third-order valence-electron chi connectivity index (χ3n) is 2.00. The number of ether oxygens (including phenoxy) is 2. The lowest BCUT2D eigenvalue weighted by atomic mass is 10.2. The van der Waals surface area contributed by atoms with Crippen molar-refractivity contribution in [3.63, 3.8) is 0 Å². The third kappa shape index (κ3) is 7.40. The molecule has 2 atom stereocenters. The largest absolute Gasteiger partial charge is 0.478 e. The lowest BCUT2D eigenvalue weighted by Gasteiger charge is -2.22. The molecule has 0 aromatic rings. The number of carbonyl (C=O) groups excluding carboxylic acids is 2. The van der Waals surface area contributed by atoms with E-state index in [4.69, 9.17) is 14.6 Å². The van der Waals surface area contributed by atoms with E-state index in [1.807, 2.05) is 0 Å². The number of amides is 1. The number of carbonyl (C=O) groups is 3. The molecule has 0 saturated carbocycles. The molecular formula is C13H21NO6. The van der Waals surface area contributed by atoms with Gasteiger partial charge in [0.15, 0.2) is 0 Å². The van der Waals surface area contributed by atoms with Crippen molar-refractivity contribution in [1.29, 1.82) is 0 Å². The summed E-state index contributed by atoms with van der Waals surface area (Å²) in [6.45, 7) is 9.80. The number of carboxylic acid groups (broad SMARTS) is 1. The maximum atomic E-state index is 11.6. The van der Waals surface area contributed by atoms with E-state index in [-0.39, 0.29) is 6.42 Å². The van der Waals surface area contributed by atoms with E-state index in [1.54, 1.807) is 20.8 Å². The van der Waals surface area contributed by atoms with E-state index in [2.05, 4.69) is 11.9 Å². The molecule has 0 aliphatic carbocycles. The van der Waals surface area contributed by atoms with Gasteiger partial charge in [-0.25, -0.2) is 14.4 Å². The first-order valence-corrected chi connectivity index (χ1v) is 6.10. The molecular weight excluding hydrogens is 266 g/mol. The van der Waals surface area contributed by atoms with Gasteiger partial charge in [0.2, 0.25) is 6.10 Å². The average Bonchev–Trinajstić information content (AvgIpc) is 2.25. The summed E-state index contributed by atoms with van der Waals surface area (Å²) in [6, 6.07) is -1.02. The van der Waals surface area contributed by atoms with Crippen molar-refractivity contribution in [3.05, 3.63) is 12.7 Å². The lowest BCUT2D eigenvalue weighted by molar-refractivity contribution is -0.164. The number of esters is 1. The molecule has 0 heterocycles. The van der Waals surface area contributed by atoms with Gasteiger partial charge < -0.3 is 19.9 Å². The maximum absolute atomic E-state index is 11.6. The number of hydrogen-bond donors (Lipinski definition) is 2. The number of hydrogen-bond acceptors (Lipinski definition) is 5. The summed E-state index contributed by atoms with van der Waals surface area (Å²) in [4.78, 5) is 33.9. The van der Waals surface area contributed by atoms with Crippen LogP contribution < -0.4 is 5.32 Å². The molecule has 0 radical (unpaired) electrons. The van der Waals surface area contributed by atoms with Crippen molar-refractivity contribution in [1.82, 2.24) is 5.32 Å². The molecule has 2 N–H and O–H groups in total. The summed E-state index contributed by atoms with van der Waals surface area (Å²) >= 11 is 0. The van der Waals surface area contributed by atoms with Gasteiger partial charge in [0.25, 0.3) is 0 Å². The van der Waals surface area contributed by atoms with Crippen LogP contribution in [0.5, 0.6) is 0 Å². The van der Waals surface area contributed by atoms with Crippen LogP contribution in [-0.2, 0) is 19.1 Å². The second-order valence-electron chi connectivity index (χ2n) is 5.16. The molecule has 1 unspecified atom stereocenters. The van der Waals surface area contributed by atoms with Crippen LogP contribution in [-0.4, -0.2) is 40.9 Å². The van der Waals surface area contributed by atoms with E-state index >= 15 is 0 Å². The van der Waals surface area contributed by atoms with Gasteiger partial charge in [-0.2, -0.15) is 0 Å². The molecule has 0 bridgehead atoms. The van der Waals surface area contributed by atoms with Crippen molar-refractivity contribution in [3.8, 4) is 0 Å². The second-order valence-corrected chi connectivity index (χ2v) is 5.16. The van der Waals surface area contributed by atoms with Gasteiger partial charge in [-0.1, -0.05) is 6.08 Å². The maximum Gasteiger partial charge on any atom is 0.408 e. The zero-order valence-electron chi connectivity index (χ0n) is 12.1. The monoisotopic (exact) mass is 287 g/mol. The molecule has 0 aliphatic rings. The minimum Gasteiger partial charge on any atom is -0.478 e. The van der Waals surface area contributed by atoms with Gasteiger partial charge in [0.1, 0.15) is 11.6 Å². The summed E-state index contributed by atoms with van der Waals surface area (Å²) in [7, 11) is 0. The lowest BCUT2D eigenvalue weighted by Crippen LogP contribution is -2.44. The summed E-state index contributed by atoms with van der Waals surface area (Å²) in [6.07, 6.45) is -0.779. The summed E-state index contributed by atoms with van der Waals surface area (Å²) in [5.41, 5.74) is -0.694. The van der Waals surface area contributed by atoms with Crippen LogP contribution in [0.3, 0.4) is 0 Å². The Morgan fingerprint density at radius 3 is 2.30 bits per heavy atom. The Labute approximate surface area is 117 Å². The molecule has 0 rings (SSSR count). The molecule has 0 spiro atoms. The van der Waals surface area contributed by atoms with Crippen LogP contribution in [0.1, 0.15) is 34.1 Å². The number of carboxylic acids is 1. The number of rotatable bonds is 6. The van der Waals surface area contributed by atoms with Gasteiger partial charge >= 0.3 is 18.0 Å². The molecule has 0 aromatic carbocycles. The number of alkyl carbamates (subject to hydrolysis) is 1. The predicted molar refractivity (Wildman–Crippen MR) is 71.2 cm³/mol. The third-order valence-corrected chi connectivity index (χ3v) is 2.00. The van der Waals surface area contributed by atoms with Gasteiger partial charge in [-0.3, -0.25) is 0 Å². The van der Waals surface area contributed by atoms with E-state index in [1.165, 1.54) is 13.0 Å². The second kappa shape index (κ2) is 7.52. The summed E-state index contributed by atoms with van der Waals surface area (Å²) in [5, 5.41) is 11.1. The van der Waals surface area contributed by atoms with Crippen molar-refractivity contribution in [2.75, 3.05) is 0 Å². The fourth-order valence-electron chi connectivity index (χ4n) is 1.14. The van der Waals surface area contributed by atoms with Gasteiger partial charge in [0.05, 0.1) is 0 Å². The van der Waals surface area contributed by atoms with Crippen molar-refractivity contribution in [2.45, 2.75) is 51.9 Å². The Morgan fingerprint density at radius 2 is 1.90 bits per heavy atom. The van der Waals surface area contributed by atoms with Crippen molar-refractivity contribution in [2.24, 2.45) is 0 Å². The zero-order valence-corrected chi connectivity index (χ0v) is 12.1. The van der Waals surface area contributed by atoms with E-state index in [0.29, 0.717) is 0 Å². The number of aliphatic carboxylic acids is 1. The first-order valence-electron chi connectivity index (χ1n) is 6.10. The Balaban J connectivity index is 4.44.